The molecule has 0 radical (unpaired) electrons. The van der Waals surface area contributed by atoms with E-state index in [9.17, 15) is 8.42 Å². The van der Waals surface area contributed by atoms with Gasteiger partial charge in [-0.1, -0.05) is 12.1 Å². The van der Waals surface area contributed by atoms with Crippen molar-refractivity contribution in [3.05, 3.63) is 28.7 Å². The van der Waals surface area contributed by atoms with Gasteiger partial charge in [0.05, 0.1) is 4.47 Å². The van der Waals surface area contributed by atoms with E-state index in [1.54, 1.807) is 6.92 Å². The van der Waals surface area contributed by atoms with Gasteiger partial charge < -0.3 is 4.74 Å². The zero-order chi connectivity index (χ0) is 13.8. The van der Waals surface area contributed by atoms with Gasteiger partial charge in [0, 0.05) is 20.6 Å². The van der Waals surface area contributed by atoms with Crippen LogP contribution >= 0.6 is 15.9 Å². The molecule has 0 spiro atoms. The van der Waals surface area contributed by atoms with Crippen molar-refractivity contribution in [1.29, 1.82) is 0 Å². The fourth-order valence-electron chi connectivity index (χ4n) is 1.15. The molecule has 0 aliphatic rings. The van der Waals surface area contributed by atoms with E-state index in [2.05, 4.69) is 20.7 Å². The van der Waals surface area contributed by atoms with E-state index in [-0.39, 0.29) is 12.6 Å². The number of benzene rings is 1. The number of ether oxygens (including phenoxy) is 1. The Balaban J connectivity index is 2.53. The minimum absolute atomic E-state index is 0.210. The lowest BCUT2D eigenvalue weighted by molar-refractivity contribution is 0.223. The SMILES string of the molecule is C[C@H](CNS(=O)(=O)N(C)C)Oc1ccccc1Br. The third-order valence-corrected chi connectivity index (χ3v) is 4.35. The second-order valence-electron chi connectivity index (χ2n) is 3.99. The Morgan fingerprint density at radius 3 is 2.56 bits per heavy atom. The van der Waals surface area contributed by atoms with Gasteiger partial charge in [0.1, 0.15) is 11.9 Å². The molecule has 0 amide bonds. The second kappa shape index (κ2) is 6.51. The van der Waals surface area contributed by atoms with Gasteiger partial charge in [-0.3, -0.25) is 0 Å². The largest absolute Gasteiger partial charge is 0.488 e. The molecule has 1 atom stereocenters. The molecule has 0 saturated carbocycles. The molecular weight excluding hydrogens is 320 g/mol. The van der Waals surface area contributed by atoms with Gasteiger partial charge in [-0.2, -0.15) is 17.4 Å². The van der Waals surface area contributed by atoms with Gasteiger partial charge in [0.2, 0.25) is 0 Å². The summed E-state index contributed by atoms with van der Waals surface area (Å²) in [6.07, 6.45) is -0.265. The first kappa shape index (κ1) is 15.4. The van der Waals surface area contributed by atoms with Gasteiger partial charge in [-0.15, -0.1) is 0 Å². The van der Waals surface area contributed by atoms with Gasteiger partial charge in [0.15, 0.2) is 0 Å². The fourth-order valence-corrected chi connectivity index (χ4v) is 2.23. The van der Waals surface area contributed by atoms with E-state index in [1.807, 2.05) is 24.3 Å². The highest BCUT2D eigenvalue weighted by Crippen LogP contribution is 2.24. The molecule has 0 aromatic heterocycles. The Bertz CT molecular complexity index is 491. The summed E-state index contributed by atoms with van der Waals surface area (Å²) < 4.78 is 33.1. The van der Waals surface area contributed by atoms with Gasteiger partial charge in [-0.25, -0.2) is 0 Å². The molecule has 5 nitrogen and oxygen atoms in total. The predicted molar refractivity (Wildman–Crippen MR) is 74.8 cm³/mol. The maximum Gasteiger partial charge on any atom is 0.279 e. The predicted octanol–water partition coefficient (Wildman–Crippen LogP) is 1.61. The summed E-state index contributed by atoms with van der Waals surface area (Å²) in [5, 5.41) is 0. The van der Waals surface area contributed by atoms with Crippen LogP contribution in [0.3, 0.4) is 0 Å². The molecule has 0 saturated heterocycles. The van der Waals surface area contributed by atoms with Crippen LogP contribution in [0.1, 0.15) is 6.92 Å². The van der Waals surface area contributed by atoms with E-state index < -0.39 is 10.2 Å². The third kappa shape index (κ3) is 4.56. The molecule has 1 rings (SSSR count). The normalized spacial score (nSPS) is 13.6. The van der Waals surface area contributed by atoms with Crippen molar-refractivity contribution in [1.82, 2.24) is 9.03 Å². The number of halogens is 1. The molecule has 1 aromatic carbocycles. The molecular formula is C11H17BrN2O3S. The highest BCUT2D eigenvalue weighted by Gasteiger charge is 2.15. The average molecular weight is 337 g/mol. The lowest BCUT2D eigenvalue weighted by Gasteiger charge is -2.18. The monoisotopic (exact) mass is 336 g/mol. The molecule has 0 aliphatic heterocycles. The molecule has 0 heterocycles. The van der Waals surface area contributed by atoms with Crippen LogP contribution < -0.4 is 9.46 Å². The average Bonchev–Trinajstić information content (AvgIpc) is 2.29. The molecule has 18 heavy (non-hydrogen) atoms. The summed E-state index contributed by atoms with van der Waals surface area (Å²) in [5.74, 6) is 0.689. The van der Waals surface area contributed by atoms with E-state index in [4.69, 9.17) is 4.74 Å². The Morgan fingerprint density at radius 1 is 1.39 bits per heavy atom. The maximum absolute atomic E-state index is 11.5. The topological polar surface area (TPSA) is 58.6 Å². The lowest BCUT2D eigenvalue weighted by atomic mass is 10.3. The molecule has 0 bridgehead atoms. The summed E-state index contributed by atoms with van der Waals surface area (Å²) in [5.41, 5.74) is 0. The van der Waals surface area contributed by atoms with Crippen molar-refractivity contribution >= 4 is 26.1 Å². The summed E-state index contributed by atoms with van der Waals surface area (Å²) in [6.45, 7) is 2.01. The molecule has 0 unspecified atom stereocenters. The molecule has 102 valence electrons. The van der Waals surface area contributed by atoms with Crippen molar-refractivity contribution in [3.8, 4) is 5.75 Å². The fraction of sp³-hybridized carbons (Fsp3) is 0.455. The van der Waals surface area contributed by atoms with Gasteiger partial charge in [0.25, 0.3) is 10.2 Å². The molecule has 1 aromatic rings. The Labute approximate surface area is 116 Å². The number of rotatable bonds is 6. The zero-order valence-electron chi connectivity index (χ0n) is 10.6. The zero-order valence-corrected chi connectivity index (χ0v) is 13.0. The van der Waals surface area contributed by atoms with Crippen molar-refractivity contribution in [2.24, 2.45) is 0 Å². The first-order chi connectivity index (χ1) is 8.33. The number of hydrogen-bond acceptors (Lipinski definition) is 3. The molecule has 1 N–H and O–H groups in total. The number of para-hydroxylation sites is 1. The smallest absolute Gasteiger partial charge is 0.279 e. The maximum atomic E-state index is 11.5. The van der Waals surface area contributed by atoms with Crippen LogP contribution in [0, 0.1) is 0 Å². The summed E-state index contributed by atoms with van der Waals surface area (Å²) >= 11 is 3.37. The van der Waals surface area contributed by atoms with E-state index >= 15 is 0 Å². The Hall–Kier alpha value is -0.630. The van der Waals surface area contributed by atoms with Gasteiger partial charge in [-0.05, 0) is 35.0 Å². The first-order valence-electron chi connectivity index (χ1n) is 5.41. The van der Waals surface area contributed by atoms with Crippen LogP contribution in [0.2, 0.25) is 0 Å². The van der Waals surface area contributed by atoms with Crippen LogP contribution in [0.15, 0.2) is 28.7 Å². The molecule has 0 fully saturated rings. The minimum atomic E-state index is -3.40. The third-order valence-electron chi connectivity index (χ3n) is 2.20. The summed E-state index contributed by atoms with van der Waals surface area (Å²) in [4.78, 5) is 0. The quantitative estimate of drug-likeness (QED) is 0.858. The minimum Gasteiger partial charge on any atom is -0.488 e. The Kier molecular flexibility index (Phi) is 5.58. The van der Waals surface area contributed by atoms with Crippen molar-refractivity contribution in [3.63, 3.8) is 0 Å². The van der Waals surface area contributed by atoms with E-state index in [0.717, 1.165) is 8.78 Å². The van der Waals surface area contributed by atoms with Crippen LogP contribution in [0.25, 0.3) is 0 Å². The van der Waals surface area contributed by atoms with Gasteiger partial charge >= 0.3 is 0 Å². The van der Waals surface area contributed by atoms with Crippen molar-refractivity contribution < 1.29 is 13.2 Å². The molecule has 0 aliphatic carbocycles. The first-order valence-corrected chi connectivity index (χ1v) is 7.64. The number of hydrogen-bond donors (Lipinski definition) is 1. The van der Waals surface area contributed by atoms with Crippen LogP contribution in [-0.2, 0) is 10.2 Å². The van der Waals surface area contributed by atoms with E-state index in [0.29, 0.717) is 5.75 Å². The van der Waals surface area contributed by atoms with Crippen LogP contribution in [0.5, 0.6) is 5.75 Å². The summed E-state index contributed by atoms with van der Waals surface area (Å²) in [6, 6.07) is 7.43. The van der Waals surface area contributed by atoms with Crippen LogP contribution in [-0.4, -0.2) is 39.5 Å². The number of nitrogens with zero attached hydrogens (tertiary/aromatic N) is 1. The highest BCUT2D eigenvalue weighted by molar-refractivity contribution is 9.10. The van der Waals surface area contributed by atoms with Crippen molar-refractivity contribution in [2.45, 2.75) is 13.0 Å². The number of nitrogens with one attached hydrogen (secondary N) is 1. The van der Waals surface area contributed by atoms with Crippen molar-refractivity contribution in [2.75, 3.05) is 20.6 Å². The second-order valence-corrected chi connectivity index (χ2v) is 6.82. The Morgan fingerprint density at radius 2 is 2.00 bits per heavy atom. The standard InChI is InChI=1S/C11H17BrN2O3S/c1-9(8-13-18(15,16)14(2)3)17-11-7-5-4-6-10(11)12/h4-7,9,13H,8H2,1-3H3/t9-/m1/s1. The van der Waals surface area contributed by atoms with Crippen LogP contribution in [0.4, 0.5) is 0 Å². The lowest BCUT2D eigenvalue weighted by Crippen LogP contribution is -2.40. The van der Waals surface area contributed by atoms with E-state index in [1.165, 1.54) is 14.1 Å². The summed E-state index contributed by atoms with van der Waals surface area (Å²) in [7, 11) is -0.456. The molecule has 7 heteroatoms. The highest BCUT2D eigenvalue weighted by atomic mass is 79.9.